The van der Waals surface area contributed by atoms with Gasteiger partial charge in [-0.3, -0.25) is 0 Å². The standard InChI is InChI=1S/C9H8ClF2N/c10-8-7(11)4-3-6(9(8)12)2-1-5-13/h1-4H,5,13H2/b2-1+. The molecule has 0 aliphatic heterocycles. The van der Waals surface area contributed by atoms with Crippen LogP contribution in [0.2, 0.25) is 5.02 Å². The molecule has 1 nitrogen and oxygen atoms in total. The van der Waals surface area contributed by atoms with Crippen molar-refractivity contribution in [2.45, 2.75) is 0 Å². The number of halogens is 3. The molecule has 0 unspecified atom stereocenters. The molecule has 0 atom stereocenters. The van der Waals surface area contributed by atoms with E-state index in [1.807, 2.05) is 0 Å². The number of benzene rings is 1. The summed E-state index contributed by atoms with van der Waals surface area (Å²) in [5, 5.41) is -0.487. The molecule has 0 aliphatic carbocycles. The van der Waals surface area contributed by atoms with Crippen LogP contribution in [0.1, 0.15) is 5.56 Å². The molecule has 1 aromatic carbocycles. The number of hydrogen-bond donors (Lipinski definition) is 1. The first kappa shape index (κ1) is 10.2. The Labute approximate surface area is 79.8 Å². The maximum atomic E-state index is 13.1. The van der Waals surface area contributed by atoms with Crippen LogP contribution in [0, 0.1) is 11.6 Å². The second-order valence-electron chi connectivity index (χ2n) is 2.40. The third-order valence-electron chi connectivity index (χ3n) is 1.50. The second kappa shape index (κ2) is 4.35. The van der Waals surface area contributed by atoms with Gasteiger partial charge in [0.15, 0.2) is 5.82 Å². The zero-order valence-electron chi connectivity index (χ0n) is 6.73. The molecular formula is C9H8ClF2N. The fourth-order valence-electron chi connectivity index (χ4n) is 0.865. The maximum absolute atomic E-state index is 13.1. The Bertz CT molecular complexity index is 337. The normalized spacial score (nSPS) is 11.1. The van der Waals surface area contributed by atoms with Crippen LogP contribution in [0.5, 0.6) is 0 Å². The van der Waals surface area contributed by atoms with Gasteiger partial charge in [0, 0.05) is 12.1 Å². The van der Waals surface area contributed by atoms with Crippen molar-refractivity contribution in [1.29, 1.82) is 0 Å². The third-order valence-corrected chi connectivity index (χ3v) is 1.85. The highest BCUT2D eigenvalue weighted by molar-refractivity contribution is 6.31. The van der Waals surface area contributed by atoms with E-state index in [9.17, 15) is 8.78 Å². The molecule has 0 amide bonds. The van der Waals surface area contributed by atoms with Crippen molar-refractivity contribution in [3.05, 3.63) is 40.4 Å². The second-order valence-corrected chi connectivity index (χ2v) is 2.78. The minimum absolute atomic E-state index is 0.233. The number of hydrogen-bond acceptors (Lipinski definition) is 1. The Morgan fingerprint density at radius 3 is 2.69 bits per heavy atom. The van der Waals surface area contributed by atoms with Gasteiger partial charge < -0.3 is 5.73 Å². The zero-order chi connectivity index (χ0) is 9.84. The van der Waals surface area contributed by atoms with Crippen molar-refractivity contribution in [1.82, 2.24) is 0 Å². The SMILES string of the molecule is NC/C=C/c1ccc(F)c(Cl)c1F. The van der Waals surface area contributed by atoms with Gasteiger partial charge in [-0.25, -0.2) is 8.78 Å². The Kier molecular flexibility index (Phi) is 3.39. The predicted octanol–water partition coefficient (Wildman–Crippen LogP) is 2.59. The lowest BCUT2D eigenvalue weighted by Crippen LogP contribution is -1.93. The summed E-state index contributed by atoms with van der Waals surface area (Å²) in [6.07, 6.45) is 3.02. The molecule has 0 aliphatic rings. The lowest BCUT2D eigenvalue weighted by molar-refractivity contribution is 0.582. The molecule has 13 heavy (non-hydrogen) atoms. The van der Waals surface area contributed by atoms with E-state index in [4.69, 9.17) is 17.3 Å². The molecule has 0 saturated heterocycles. The summed E-state index contributed by atoms with van der Waals surface area (Å²) in [5.41, 5.74) is 5.41. The first-order valence-corrected chi connectivity index (χ1v) is 4.04. The molecule has 0 bridgehead atoms. The van der Waals surface area contributed by atoms with Crippen LogP contribution in [0.25, 0.3) is 6.08 Å². The van der Waals surface area contributed by atoms with Gasteiger partial charge in [0.1, 0.15) is 10.8 Å². The quantitative estimate of drug-likeness (QED) is 0.735. The van der Waals surface area contributed by atoms with E-state index in [-0.39, 0.29) is 5.56 Å². The number of nitrogens with two attached hydrogens (primary N) is 1. The first-order chi connectivity index (χ1) is 6.16. The van der Waals surface area contributed by atoms with Gasteiger partial charge in [0.25, 0.3) is 0 Å². The van der Waals surface area contributed by atoms with Gasteiger partial charge >= 0.3 is 0 Å². The van der Waals surface area contributed by atoms with Gasteiger partial charge in [-0.05, 0) is 12.1 Å². The van der Waals surface area contributed by atoms with Crippen molar-refractivity contribution in [2.75, 3.05) is 6.54 Å². The van der Waals surface area contributed by atoms with Gasteiger partial charge in [-0.1, -0.05) is 23.8 Å². The van der Waals surface area contributed by atoms with Crippen LogP contribution in [0.3, 0.4) is 0 Å². The average molecular weight is 204 g/mol. The van der Waals surface area contributed by atoms with Crippen molar-refractivity contribution >= 4 is 17.7 Å². The minimum atomic E-state index is -0.760. The highest BCUT2D eigenvalue weighted by Crippen LogP contribution is 2.22. The summed E-state index contributed by atoms with van der Waals surface area (Å²) in [4.78, 5) is 0. The molecular weight excluding hydrogens is 196 g/mol. The molecule has 1 aromatic rings. The molecule has 0 spiro atoms. The Hall–Kier alpha value is -0.930. The Morgan fingerprint density at radius 1 is 1.38 bits per heavy atom. The molecule has 0 radical (unpaired) electrons. The molecule has 0 fully saturated rings. The Morgan fingerprint density at radius 2 is 2.08 bits per heavy atom. The van der Waals surface area contributed by atoms with Crippen LogP contribution in [-0.2, 0) is 0 Å². The summed E-state index contributed by atoms with van der Waals surface area (Å²) in [7, 11) is 0. The van der Waals surface area contributed by atoms with E-state index >= 15 is 0 Å². The summed E-state index contributed by atoms with van der Waals surface area (Å²) in [6, 6.07) is 2.42. The van der Waals surface area contributed by atoms with E-state index < -0.39 is 16.7 Å². The Balaban J connectivity index is 3.11. The van der Waals surface area contributed by atoms with E-state index in [1.165, 1.54) is 12.1 Å². The van der Waals surface area contributed by atoms with Crippen LogP contribution < -0.4 is 5.73 Å². The van der Waals surface area contributed by atoms with Crippen molar-refractivity contribution in [3.63, 3.8) is 0 Å². The molecule has 0 saturated carbocycles. The van der Waals surface area contributed by atoms with Gasteiger partial charge in [0.2, 0.25) is 0 Å². The van der Waals surface area contributed by atoms with E-state index in [0.717, 1.165) is 6.07 Å². The largest absolute Gasteiger partial charge is 0.327 e. The van der Waals surface area contributed by atoms with E-state index in [2.05, 4.69) is 0 Å². The summed E-state index contributed by atoms with van der Waals surface area (Å²) in [6.45, 7) is 0.300. The summed E-state index contributed by atoms with van der Waals surface area (Å²) >= 11 is 5.35. The molecule has 0 heterocycles. The van der Waals surface area contributed by atoms with Crippen LogP contribution in [0.4, 0.5) is 8.78 Å². The first-order valence-electron chi connectivity index (χ1n) is 3.67. The monoisotopic (exact) mass is 203 g/mol. The third kappa shape index (κ3) is 2.26. The highest BCUT2D eigenvalue weighted by atomic mass is 35.5. The van der Waals surface area contributed by atoms with Gasteiger partial charge in [-0.2, -0.15) is 0 Å². The van der Waals surface area contributed by atoms with Crippen molar-refractivity contribution in [3.8, 4) is 0 Å². The highest BCUT2D eigenvalue weighted by Gasteiger charge is 2.08. The topological polar surface area (TPSA) is 26.0 Å². The van der Waals surface area contributed by atoms with Crippen molar-refractivity contribution in [2.24, 2.45) is 5.73 Å². The fourth-order valence-corrected chi connectivity index (χ4v) is 1.04. The van der Waals surface area contributed by atoms with E-state index in [0.29, 0.717) is 6.54 Å². The van der Waals surface area contributed by atoms with Crippen molar-refractivity contribution < 1.29 is 8.78 Å². The molecule has 70 valence electrons. The number of rotatable bonds is 2. The fraction of sp³-hybridized carbons (Fsp3) is 0.111. The lowest BCUT2D eigenvalue weighted by Gasteiger charge is -1.99. The van der Waals surface area contributed by atoms with Crippen LogP contribution in [0.15, 0.2) is 18.2 Å². The average Bonchev–Trinajstić information content (AvgIpc) is 2.13. The maximum Gasteiger partial charge on any atom is 0.151 e. The molecule has 0 aromatic heterocycles. The van der Waals surface area contributed by atoms with Crippen LogP contribution >= 0.6 is 11.6 Å². The van der Waals surface area contributed by atoms with E-state index in [1.54, 1.807) is 6.08 Å². The summed E-state index contributed by atoms with van der Waals surface area (Å²) < 4.78 is 25.8. The lowest BCUT2D eigenvalue weighted by atomic mass is 10.2. The minimum Gasteiger partial charge on any atom is -0.327 e. The molecule has 1 rings (SSSR count). The van der Waals surface area contributed by atoms with Crippen LogP contribution in [-0.4, -0.2) is 6.54 Å². The smallest absolute Gasteiger partial charge is 0.151 e. The zero-order valence-corrected chi connectivity index (χ0v) is 7.48. The van der Waals surface area contributed by atoms with Gasteiger partial charge in [0.05, 0.1) is 0 Å². The summed E-state index contributed by atoms with van der Waals surface area (Å²) in [5.74, 6) is -1.52. The molecule has 2 N–H and O–H groups in total. The van der Waals surface area contributed by atoms with Gasteiger partial charge in [-0.15, -0.1) is 0 Å². The molecule has 4 heteroatoms. The predicted molar refractivity (Wildman–Crippen MR) is 49.5 cm³/mol.